The molecule has 5 rings (SSSR count). The van der Waals surface area contributed by atoms with Crippen molar-refractivity contribution < 1.29 is 9.59 Å². The fourth-order valence-electron chi connectivity index (χ4n) is 6.12. The summed E-state index contributed by atoms with van der Waals surface area (Å²) in [5, 5.41) is 0. The zero-order valence-electron chi connectivity index (χ0n) is 16.6. The molecule has 1 unspecified atom stereocenters. The van der Waals surface area contributed by atoms with Crippen molar-refractivity contribution in [2.45, 2.75) is 63.5 Å². The van der Waals surface area contributed by atoms with Crippen LogP contribution in [0.1, 0.15) is 63.0 Å². The highest BCUT2D eigenvalue weighted by atomic mass is 16.2. The Labute approximate surface area is 167 Å². The number of nitrogens with zero attached hydrogens (tertiary/aromatic N) is 2. The molecule has 1 atom stereocenters. The van der Waals surface area contributed by atoms with E-state index in [1.807, 2.05) is 4.90 Å². The molecule has 2 heterocycles. The van der Waals surface area contributed by atoms with Gasteiger partial charge in [-0.3, -0.25) is 9.59 Å². The summed E-state index contributed by atoms with van der Waals surface area (Å²) in [7, 11) is 0. The van der Waals surface area contributed by atoms with Crippen LogP contribution in [0.15, 0.2) is 42.5 Å². The second-order valence-electron chi connectivity index (χ2n) is 9.09. The van der Waals surface area contributed by atoms with Crippen LogP contribution in [0.25, 0.3) is 0 Å². The number of hydrogen-bond donors (Lipinski definition) is 0. The number of likely N-dealkylation sites (tertiary alicyclic amines) is 2. The molecule has 0 radical (unpaired) electrons. The summed E-state index contributed by atoms with van der Waals surface area (Å²) in [6.45, 7) is 1.58. The highest BCUT2D eigenvalue weighted by Gasteiger charge is 2.63. The molecule has 0 N–H and O–H groups in total. The number of rotatable bonds is 3. The average Bonchev–Trinajstić information content (AvgIpc) is 3.45. The molecule has 3 fully saturated rings. The van der Waals surface area contributed by atoms with E-state index in [-0.39, 0.29) is 23.4 Å². The van der Waals surface area contributed by atoms with Crippen molar-refractivity contribution in [2.24, 2.45) is 11.3 Å². The van der Waals surface area contributed by atoms with Crippen LogP contribution >= 0.6 is 0 Å². The van der Waals surface area contributed by atoms with Gasteiger partial charge in [0.15, 0.2) is 0 Å². The van der Waals surface area contributed by atoms with E-state index in [1.165, 1.54) is 18.4 Å². The molecule has 2 saturated heterocycles. The van der Waals surface area contributed by atoms with E-state index in [2.05, 4.69) is 47.4 Å². The van der Waals surface area contributed by atoms with Crippen molar-refractivity contribution in [1.82, 2.24) is 9.80 Å². The molecule has 2 amide bonds. The first kappa shape index (κ1) is 18.0. The maximum absolute atomic E-state index is 13.3. The highest BCUT2D eigenvalue weighted by molar-refractivity contribution is 5.91. The van der Waals surface area contributed by atoms with Gasteiger partial charge in [0, 0.05) is 25.0 Å². The molecule has 4 nitrogen and oxygen atoms in total. The minimum absolute atomic E-state index is 0.149. The van der Waals surface area contributed by atoms with Crippen LogP contribution in [0, 0.1) is 11.3 Å². The van der Waals surface area contributed by atoms with Crippen molar-refractivity contribution in [3.63, 3.8) is 0 Å². The van der Waals surface area contributed by atoms with Gasteiger partial charge in [-0.15, -0.1) is 0 Å². The topological polar surface area (TPSA) is 40.6 Å². The Kier molecular flexibility index (Phi) is 4.53. The third-order valence-electron chi connectivity index (χ3n) is 7.60. The minimum atomic E-state index is -0.149. The molecule has 1 aromatic rings. The zero-order valence-corrected chi connectivity index (χ0v) is 16.6. The van der Waals surface area contributed by atoms with Gasteiger partial charge >= 0.3 is 0 Å². The molecular weight excluding hydrogens is 348 g/mol. The first-order valence-corrected chi connectivity index (χ1v) is 11.0. The normalized spacial score (nSPS) is 27.6. The van der Waals surface area contributed by atoms with Gasteiger partial charge in [0.05, 0.1) is 11.5 Å². The maximum atomic E-state index is 13.3. The van der Waals surface area contributed by atoms with Crippen LogP contribution < -0.4 is 0 Å². The fourth-order valence-corrected chi connectivity index (χ4v) is 6.12. The quantitative estimate of drug-likeness (QED) is 0.587. The Bertz CT molecular complexity index is 765. The molecule has 1 aromatic carbocycles. The predicted molar refractivity (Wildman–Crippen MR) is 108 cm³/mol. The van der Waals surface area contributed by atoms with E-state index in [4.69, 9.17) is 0 Å². The summed E-state index contributed by atoms with van der Waals surface area (Å²) in [5.74, 6) is 0.842. The van der Waals surface area contributed by atoms with Gasteiger partial charge in [-0.25, -0.2) is 0 Å². The van der Waals surface area contributed by atoms with Crippen LogP contribution in [0.2, 0.25) is 0 Å². The molecule has 4 heteroatoms. The molecule has 28 heavy (non-hydrogen) atoms. The van der Waals surface area contributed by atoms with Crippen molar-refractivity contribution in [1.29, 1.82) is 0 Å². The van der Waals surface area contributed by atoms with Crippen LogP contribution in [0.4, 0.5) is 0 Å². The number of allylic oxidation sites excluding steroid dienone is 2. The van der Waals surface area contributed by atoms with E-state index in [0.29, 0.717) is 11.8 Å². The molecule has 0 aromatic heterocycles. The number of amides is 2. The summed E-state index contributed by atoms with van der Waals surface area (Å²) in [4.78, 5) is 30.3. The Balaban J connectivity index is 1.30. The SMILES string of the molecule is O=C(C1CC=CC1)N1CCC(N2C(=O)C3(CCCC3)C2c2ccccc2)CC1. The Morgan fingerprint density at radius 2 is 1.61 bits per heavy atom. The summed E-state index contributed by atoms with van der Waals surface area (Å²) < 4.78 is 0. The Hall–Kier alpha value is -2.10. The first-order valence-electron chi connectivity index (χ1n) is 11.0. The van der Waals surface area contributed by atoms with Crippen molar-refractivity contribution in [3.05, 3.63) is 48.0 Å². The second kappa shape index (κ2) is 7.06. The van der Waals surface area contributed by atoms with E-state index in [1.54, 1.807) is 0 Å². The molecule has 2 aliphatic carbocycles. The second-order valence-corrected chi connectivity index (χ2v) is 9.09. The Morgan fingerprint density at radius 3 is 2.25 bits per heavy atom. The van der Waals surface area contributed by atoms with Gasteiger partial charge in [-0.2, -0.15) is 0 Å². The van der Waals surface area contributed by atoms with Crippen molar-refractivity contribution in [2.75, 3.05) is 13.1 Å². The number of carbonyl (C=O) groups excluding carboxylic acids is 2. The van der Waals surface area contributed by atoms with Crippen LogP contribution in [-0.4, -0.2) is 40.7 Å². The number of hydrogen-bond acceptors (Lipinski definition) is 2. The molecule has 2 aliphatic heterocycles. The lowest BCUT2D eigenvalue weighted by molar-refractivity contribution is -0.181. The lowest BCUT2D eigenvalue weighted by Crippen LogP contribution is -2.66. The third-order valence-corrected chi connectivity index (χ3v) is 7.60. The summed E-state index contributed by atoms with van der Waals surface area (Å²) >= 11 is 0. The average molecular weight is 379 g/mol. The number of carbonyl (C=O) groups is 2. The van der Waals surface area contributed by atoms with Gasteiger partial charge in [0.1, 0.15) is 0 Å². The fraction of sp³-hybridized carbons (Fsp3) is 0.583. The summed E-state index contributed by atoms with van der Waals surface area (Å²) in [6, 6.07) is 11.1. The molecule has 4 aliphatic rings. The van der Waals surface area contributed by atoms with Gasteiger partial charge in [0.25, 0.3) is 0 Å². The highest BCUT2D eigenvalue weighted by Crippen LogP contribution is 2.60. The zero-order chi connectivity index (χ0) is 19.1. The predicted octanol–water partition coefficient (Wildman–Crippen LogP) is 4.09. The standard InChI is InChI=1S/C24H30N2O2/c27-22(19-10-4-5-11-19)25-16-12-20(13-17-25)26-21(18-8-2-1-3-9-18)24(23(26)28)14-6-7-15-24/h1-5,8-9,19-21H,6-7,10-17H2. The minimum Gasteiger partial charge on any atom is -0.342 e. The molecule has 148 valence electrons. The third kappa shape index (κ3) is 2.72. The van der Waals surface area contributed by atoms with E-state index in [0.717, 1.165) is 51.6 Å². The number of β-lactam (4-membered cyclic amide) rings is 1. The van der Waals surface area contributed by atoms with Crippen LogP contribution in [0.5, 0.6) is 0 Å². The largest absolute Gasteiger partial charge is 0.342 e. The van der Waals surface area contributed by atoms with E-state index >= 15 is 0 Å². The lowest BCUT2D eigenvalue weighted by atomic mass is 9.65. The number of piperidine rings is 1. The Morgan fingerprint density at radius 1 is 0.964 bits per heavy atom. The summed E-state index contributed by atoms with van der Waals surface area (Å²) in [5.41, 5.74) is 1.14. The van der Waals surface area contributed by atoms with Crippen molar-refractivity contribution in [3.8, 4) is 0 Å². The van der Waals surface area contributed by atoms with Crippen LogP contribution in [0.3, 0.4) is 0 Å². The molecular formula is C24H30N2O2. The van der Waals surface area contributed by atoms with Crippen molar-refractivity contribution >= 4 is 11.8 Å². The first-order chi connectivity index (χ1) is 13.7. The van der Waals surface area contributed by atoms with E-state index in [9.17, 15) is 9.59 Å². The molecule has 1 saturated carbocycles. The lowest BCUT2D eigenvalue weighted by Gasteiger charge is -2.59. The smallest absolute Gasteiger partial charge is 0.232 e. The van der Waals surface area contributed by atoms with Gasteiger partial charge in [0.2, 0.25) is 11.8 Å². The number of benzene rings is 1. The van der Waals surface area contributed by atoms with E-state index < -0.39 is 0 Å². The van der Waals surface area contributed by atoms with Gasteiger partial charge in [-0.1, -0.05) is 55.3 Å². The molecule has 1 spiro atoms. The van der Waals surface area contributed by atoms with Gasteiger partial charge in [-0.05, 0) is 44.1 Å². The summed E-state index contributed by atoms with van der Waals surface area (Å²) in [6.07, 6.45) is 12.3. The monoisotopic (exact) mass is 378 g/mol. The maximum Gasteiger partial charge on any atom is 0.232 e. The molecule has 0 bridgehead atoms. The van der Waals surface area contributed by atoms with Gasteiger partial charge < -0.3 is 9.80 Å². The van der Waals surface area contributed by atoms with Crippen LogP contribution in [-0.2, 0) is 9.59 Å².